The van der Waals surface area contributed by atoms with Crippen molar-refractivity contribution < 1.29 is 14.0 Å². The first-order chi connectivity index (χ1) is 18.7. The molecule has 0 unspecified atom stereocenters. The normalized spacial score (nSPS) is 16.9. The zero-order valence-electron chi connectivity index (χ0n) is 22.9. The van der Waals surface area contributed by atoms with Crippen molar-refractivity contribution >= 4 is 17.8 Å². The Bertz CT molecular complexity index is 1180. The van der Waals surface area contributed by atoms with Crippen LogP contribution >= 0.6 is 0 Å². The Morgan fingerprint density at radius 3 is 2.28 bits per heavy atom. The number of carbonyl (C=O) groups is 2. The molecule has 1 aromatic heterocycles. The van der Waals surface area contributed by atoms with Crippen LogP contribution in [0.4, 0.5) is 15.0 Å². The number of hydrogen-bond donors (Lipinski definition) is 2. The lowest BCUT2D eigenvalue weighted by Gasteiger charge is -2.37. The van der Waals surface area contributed by atoms with Gasteiger partial charge in [0.15, 0.2) is 0 Å². The topological polar surface area (TPSA) is 117 Å². The highest BCUT2D eigenvalue weighted by Crippen LogP contribution is 2.24. The summed E-state index contributed by atoms with van der Waals surface area (Å²) in [6.07, 6.45) is 7.46. The van der Waals surface area contributed by atoms with Crippen molar-refractivity contribution in [2.45, 2.75) is 64.1 Å². The van der Waals surface area contributed by atoms with Gasteiger partial charge in [0.25, 0.3) is 0 Å². The minimum Gasteiger partial charge on any atom is -0.338 e. The lowest BCUT2D eigenvalue weighted by Crippen LogP contribution is -2.58. The van der Waals surface area contributed by atoms with Gasteiger partial charge in [-0.3, -0.25) is 19.6 Å². The molecule has 1 aliphatic heterocycles. The largest absolute Gasteiger partial charge is 0.354 e. The van der Waals surface area contributed by atoms with Gasteiger partial charge in [0.05, 0.1) is 11.2 Å². The molecule has 2 aromatic rings. The molecule has 1 saturated carbocycles. The lowest BCUT2D eigenvalue weighted by molar-refractivity contribution is -0.137. The number of nitrogens with one attached hydrogen (secondary N) is 1. The minimum absolute atomic E-state index is 0.151. The molecule has 1 saturated heterocycles. The SMILES string of the molecule is CC(C)(N)C(=O)N1CCN(C(=O)Nc2ccn(-c3ccc(CN(CCF)C4CCCCC4)cc3)c(=O)n2)CC1. The summed E-state index contributed by atoms with van der Waals surface area (Å²) < 4.78 is 14.6. The van der Waals surface area contributed by atoms with Crippen LogP contribution in [0.15, 0.2) is 41.3 Å². The number of amides is 3. The number of rotatable bonds is 8. The summed E-state index contributed by atoms with van der Waals surface area (Å²) in [7, 11) is 0. The fourth-order valence-electron chi connectivity index (χ4n) is 5.32. The average Bonchev–Trinajstić information content (AvgIpc) is 2.93. The number of alkyl halides is 1. The van der Waals surface area contributed by atoms with Gasteiger partial charge < -0.3 is 15.5 Å². The zero-order valence-corrected chi connectivity index (χ0v) is 22.9. The standard InChI is InChI=1S/C28H40FN7O3/c1-28(2,30)25(37)33-16-18-34(19-17-33)26(38)31-24-12-14-36(27(39)32-24)23-10-8-21(9-11-23)20-35(15-13-29)22-6-4-3-5-7-22/h8-12,14,22H,3-7,13,15-20,30H2,1-2H3,(H,31,32,38,39). The fourth-order valence-corrected chi connectivity index (χ4v) is 5.32. The molecule has 2 aliphatic rings. The van der Waals surface area contributed by atoms with Gasteiger partial charge in [0.1, 0.15) is 12.5 Å². The highest BCUT2D eigenvalue weighted by atomic mass is 19.1. The maximum absolute atomic E-state index is 13.2. The second kappa shape index (κ2) is 12.7. The van der Waals surface area contributed by atoms with Gasteiger partial charge in [-0.05, 0) is 50.5 Å². The van der Waals surface area contributed by atoms with E-state index in [0.717, 1.165) is 18.4 Å². The van der Waals surface area contributed by atoms with Crippen LogP contribution < -0.4 is 16.7 Å². The van der Waals surface area contributed by atoms with Crippen LogP contribution in [0.5, 0.6) is 0 Å². The van der Waals surface area contributed by atoms with Gasteiger partial charge in [-0.1, -0.05) is 31.4 Å². The molecule has 0 spiro atoms. The highest BCUT2D eigenvalue weighted by molar-refractivity contribution is 5.89. The van der Waals surface area contributed by atoms with Gasteiger partial charge in [-0.25, -0.2) is 14.0 Å². The smallest absolute Gasteiger partial charge is 0.338 e. The number of nitrogens with two attached hydrogens (primary N) is 1. The summed E-state index contributed by atoms with van der Waals surface area (Å²) in [4.78, 5) is 47.3. The molecule has 3 amide bonds. The number of urea groups is 1. The molecule has 0 atom stereocenters. The maximum atomic E-state index is 13.2. The van der Waals surface area contributed by atoms with Gasteiger partial charge in [-0.15, -0.1) is 0 Å². The number of nitrogens with zero attached hydrogens (tertiary/aromatic N) is 5. The Morgan fingerprint density at radius 1 is 1.05 bits per heavy atom. The first kappa shape index (κ1) is 28.7. The van der Waals surface area contributed by atoms with Crippen LogP contribution in [0, 0.1) is 0 Å². The third-order valence-corrected chi connectivity index (χ3v) is 7.51. The molecule has 1 aliphatic carbocycles. The molecular formula is C28H40FN7O3. The summed E-state index contributed by atoms with van der Waals surface area (Å²) in [6.45, 7) is 5.59. The minimum atomic E-state index is -0.955. The van der Waals surface area contributed by atoms with E-state index >= 15 is 0 Å². The number of halogens is 1. The predicted molar refractivity (Wildman–Crippen MR) is 149 cm³/mol. The molecule has 4 rings (SSSR count). The molecule has 10 nitrogen and oxygen atoms in total. The van der Waals surface area contributed by atoms with E-state index in [1.54, 1.807) is 35.9 Å². The summed E-state index contributed by atoms with van der Waals surface area (Å²) >= 11 is 0. The number of aromatic nitrogens is 2. The van der Waals surface area contributed by atoms with Crippen LogP contribution in [0.3, 0.4) is 0 Å². The van der Waals surface area contributed by atoms with E-state index < -0.39 is 11.2 Å². The number of piperazine rings is 1. The zero-order chi connectivity index (χ0) is 28.0. The van der Waals surface area contributed by atoms with Crippen LogP contribution in [0.1, 0.15) is 51.5 Å². The molecule has 212 valence electrons. The van der Waals surface area contributed by atoms with E-state index in [2.05, 4.69) is 15.2 Å². The predicted octanol–water partition coefficient (Wildman–Crippen LogP) is 2.75. The second-order valence-corrected chi connectivity index (χ2v) is 11.0. The van der Waals surface area contributed by atoms with Crippen molar-refractivity contribution in [1.29, 1.82) is 0 Å². The van der Waals surface area contributed by atoms with Crippen molar-refractivity contribution in [1.82, 2.24) is 24.3 Å². The third-order valence-electron chi connectivity index (χ3n) is 7.51. The van der Waals surface area contributed by atoms with E-state index in [1.165, 1.54) is 23.8 Å². The summed E-state index contributed by atoms with van der Waals surface area (Å²) in [5.74, 6) is 0.0102. The number of hydrogen-bond acceptors (Lipinski definition) is 6. The van der Waals surface area contributed by atoms with E-state index in [9.17, 15) is 18.8 Å². The number of benzene rings is 1. The molecule has 2 fully saturated rings. The molecule has 39 heavy (non-hydrogen) atoms. The Morgan fingerprint density at radius 2 is 1.69 bits per heavy atom. The summed E-state index contributed by atoms with van der Waals surface area (Å²) in [5, 5.41) is 2.68. The Hall–Kier alpha value is -3.31. The summed E-state index contributed by atoms with van der Waals surface area (Å²) in [6, 6.07) is 9.26. The fraction of sp³-hybridized carbons (Fsp3) is 0.571. The van der Waals surface area contributed by atoms with Crippen molar-refractivity contribution in [2.24, 2.45) is 5.73 Å². The monoisotopic (exact) mass is 541 g/mol. The average molecular weight is 542 g/mol. The van der Waals surface area contributed by atoms with Crippen molar-refractivity contribution in [3.8, 4) is 5.69 Å². The van der Waals surface area contributed by atoms with Gasteiger partial charge in [0, 0.05) is 51.5 Å². The van der Waals surface area contributed by atoms with Crippen LogP contribution in [0.25, 0.3) is 5.69 Å². The molecule has 0 bridgehead atoms. The van der Waals surface area contributed by atoms with Crippen molar-refractivity contribution in [3.05, 3.63) is 52.6 Å². The summed E-state index contributed by atoms with van der Waals surface area (Å²) in [5.41, 5.74) is 6.16. The third kappa shape index (κ3) is 7.42. The molecule has 0 radical (unpaired) electrons. The Labute approximate surface area is 229 Å². The van der Waals surface area contributed by atoms with E-state index in [0.29, 0.717) is 51.0 Å². The van der Waals surface area contributed by atoms with Gasteiger partial charge in [-0.2, -0.15) is 4.98 Å². The van der Waals surface area contributed by atoms with Crippen LogP contribution in [0.2, 0.25) is 0 Å². The molecular weight excluding hydrogens is 501 g/mol. The van der Waals surface area contributed by atoms with E-state index in [1.807, 2.05) is 24.3 Å². The number of carbonyl (C=O) groups excluding carboxylic acids is 2. The van der Waals surface area contributed by atoms with Gasteiger partial charge in [0.2, 0.25) is 5.91 Å². The quantitative estimate of drug-likeness (QED) is 0.531. The first-order valence-electron chi connectivity index (χ1n) is 13.8. The maximum Gasteiger partial charge on any atom is 0.354 e. The van der Waals surface area contributed by atoms with E-state index in [-0.39, 0.29) is 24.4 Å². The van der Waals surface area contributed by atoms with Crippen LogP contribution in [-0.4, -0.2) is 87.2 Å². The Kier molecular flexibility index (Phi) is 9.34. The molecule has 11 heteroatoms. The van der Waals surface area contributed by atoms with Crippen molar-refractivity contribution in [3.63, 3.8) is 0 Å². The molecule has 3 N–H and O–H groups in total. The number of anilines is 1. The second-order valence-electron chi connectivity index (χ2n) is 11.0. The molecule has 2 heterocycles. The van der Waals surface area contributed by atoms with Crippen molar-refractivity contribution in [2.75, 3.05) is 44.7 Å². The highest BCUT2D eigenvalue weighted by Gasteiger charge is 2.31. The Balaban J connectivity index is 1.34. The van der Waals surface area contributed by atoms with E-state index in [4.69, 9.17) is 5.73 Å². The van der Waals surface area contributed by atoms with Crippen LogP contribution in [-0.2, 0) is 11.3 Å². The first-order valence-corrected chi connectivity index (χ1v) is 13.8. The van der Waals surface area contributed by atoms with Gasteiger partial charge >= 0.3 is 11.7 Å². The lowest BCUT2D eigenvalue weighted by atomic mass is 9.94. The molecule has 1 aromatic carbocycles.